The summed E-state index contributed by atoms with van der Waals surface area (Å²) in [5, 5.41) is 10.9. The van der Waals surface area contributed by atoms with Gasteiger partial charge in [-0.1, -0.05) is 17.4 Å². The summed E-state index contributed by atoms with van der Waals surface area (Å²) < 4.78 is 47.6. The summed E-state index contributed by atoms with van der Waals surface area (Å²) in [5.41, 5.74) is -1.37. The fourth-order valence-electron chi connectivity index (χ4n) is 4.78. The van der Waals surface area contributed by atoms with Crippen molar-refractivity contribution in [3.63, 3.8) is 0 Å². The zero-order chi connectivity index (χ0) is 32.2. The number of fused-ring (bicyclic) bond motifs is 3. The molecule has 0 fully saturated rings. The molecule has 10 nitrogen and oxygen atoms in total. The number of thiazole rings is 1. The van der Waals surface area contributed by atoms with Crippen molar-refractivity contribution in [3.05, 3.63) is 39.5 Å². The van der Waals surface area contributed by atoms with Crippen LogP contribution in [-0.4, -0.2) is 45.0 Å². The molecule has 2 amide bonds. The molecule has 0 aliphatic carbocycles. The second-order valence-electron chi connectivity index (χ2n) is 11.9. The zero-order valence-electron chi connectivity index (χ0n) is 25.7. The Morgan fingerprint density at radius 2 is 1.60 bits per heavy atom. The lowest BCUT2D eigenvalue weighted by Gasteiger charge is -2.30. The number of imide groups is 1. The first-order chi connectivity index (χ1) is 19.9. The summed E-state index contributed by atoms with van der Waals surface area (Å²) in [6, 6.07) is 5.45. The van der Waals surface area contributed by atoms with Crippen LogP contribution in [-0.2, 0) is 9.47 Å². The van der Waals surface area contributed by atoms with Gasteiger partial charge in [-0.15, -0.1) is 0 Å². The van der Waals surface area contributed by atoms with Crippen LogP contribution in [0.4, 0.5) is 24.2 Å². The molecule has 1 aromatic carbocycles. The van der Waals surface area contributed by atoms with Crippen molar-refractivity contribution in [2.24, 2.45) is 0 Å². The van der Waals surface area contributed by atoms with Gasteiger partial charge in [0.1, 0.15) is 44.6 Å². The molecule has 0 radical (unpaired) electrons. The average molecular weight is 614 g/mol. The van der Waals surface area contributed by atoms with Crippen molar-refractivity contribution in [2.45, 2.75) is 79.9 Å². The highest BCUT2D eigenvalue weighted by molar-refractivity contribution is 7.18. The van der Waals surface area contributed by atoms with Crippen LogP contribution in [0.2, 0.25) is 0 Å². The molecule has 0 spiro atoms. The third-order valence-corrected chi connectivity index (χ3v) is 7.14. The highest BCUT2D eigenvalue weighted by atomic mass is 32.1. The van der Waals surface area contributed by atoms with E-state index in [0.29, 0.717) is 32.5 Å². The van der Waals surface area contributed by atoms with Gasteiger partial charge in [-0.05, 0) is 73.9 Å². The molecule has 3 heterocycles. The number of carbonyl (C=O) groups is 2. The molecule has 3 aromatic heterocycles. The number of hydrogen-bond acceptors (Lipinski definition) is 9. The van der Waals surface area contributed by atoms with E-state index in [0.717, 1.165) is 11.3 Å². The van der Waals surface area contributed by atoms with E-state index in [-0.39, 0.29) is 27.1 Å². The Balaban J connectivity index is 2.34. The summed E-state index contributed by atoms with van der Waals surface area (Å²) in [6.07, 6.45) is -5.44. The molecule has 43 heavy (non-hydrogen) atoms. The maximum Gasteiger partial charge on any atom is 0.425 e. The molecule has 13 heteroatoms. The van der Waals surface area contributed by atoms with Crippen molar-refractivity contribution in [3.8, 4) is 17.5 Å². The number of carbonyl (C=O) groups excluding carboxylic acids is 2. The standard InChI is InChI=1S/C30H33F2N5O5S/c1-14-11-12-18(40-10)15(2)22(14)36-23-19(20(24(31)32)35-25-21(23)34-16(3)43-25)17(13-33)26(36)37(27(38)41-29(4,5)6)28(39)42-30(7,8)9/h11-12,24H,1-10H3. The van der Waals surface area contributed by atoms with Crippen LogP contribution in [0.3, 0.4) is 0 Å². The van der Waals surface area contributed by atoms with E-state index in [9.17, 15) is 23.6 Å². The Morgan fingerprint density at radius 1 is 1.02 bits per heavy atom. The van der Waals surface area contributed by atoms with Gasteiger partial charge in [0.15, 0.2) is 5.82 Å². The Kier molecular flexibility index (Phi) is 8.14. The van der Waals surface area contributed by atoms with Gasteiger partial charge in [-0.25, -0.2) is 28.3 Å². The minimum atomic E-state index is -3.10. The fourth-order valence-corrected chi connectivity index (χ4v) is 5.58. The van der Waals surface area contributed by atoms with Gasteiger partial charge in [0.2, 0.25) is 0 Å². The van der Waals surface area contributed by atoms with Gasteiger partial charge in [-0.2, -0.15) is 10.2 Å². The lowest BCUT2D eigenvalue weighted by molar-refractivity contribution is 0.0428. The highest BCUT2D eigenvalue weighted by Crippen LogP contribution is 2.45. The quantitative estimate of drug-likeness (QED) is 0.227. The van der Waals surface area contributed by atoms with Crippen molar-refractivity contribution in [1.82, 2.24) is 14.5 Å². The van der Waals surface area contributed by atoms with Gasteiger partial charge in [-0.3, -0.25) is 4.57 Å². The zero-order valence-corrected chi connectivity index (χ0v) is 26.5. The summed E-state index contributed by atoms with van der Waals surface area (Å²) >= 11 is 1.10. The van der Waals surface area contributed by atoms with Crippen LogP contribution in [0, 0.1) is 32.1 Å². The van der Waals surface area contributed by atoms with E-state index in [1.807, 2.05) is 6.07 Å². The maximum atomic E-state index is 14.7. The third kappa shape index (κ3) is 5.84. The summed E-state index contributed by atoms with van der Waals surface area (Å²) in [7, 11) is 1.48. The molecule has 0 bridgehead atoms. The number of amides is 2. The SMILES string of the molecule is COc1ccc(C)c(-n2c(N(C(=O)OC(C)(C)C)C(=O)OC(C)(C)C)c(C#N)c3c(C(F)F)nc4sc(C)nc4c32)c1C. The molecule has 0 N–H and O–H groups in total. The van der Waals surface area contributed by atoms with E-state index in [2.05, 4.69) is 9.97 Å². The number of ether oxygens (including phenoxy) is 3. The third-order valence-electron chi connectivity index (χ3n) is 6.27. The molecule has 0 unspecified atom stereocenters. The van der Waals surface area contributed by atoms with Crippen LogP contribution >= 0.6 is 11.3 Å². The van der Waals surface area contributed by atoms with Crippen molar-refractivity contribution < 1.29 is 32.6 Å². The molecule has 228 valence electrons. The number of nitrogens with zero attached hydrogens (tertiary/aromatic N) is 5. The van der Waals surface area contributed by atoms with E-state index in [1.54, 1.807) is 74.4 Å². The molecule has 0 saturated carbocycles. The highest BCUT2D eigenvalue weighted by Gasteiger charge is 2.40. The van der Waals surface area contributed by atoms with Crippen LogP contribution < -0.4 is 9.64 Å². The Morgan fingerprint density at radius 3 is 2.09 bits per heavy atom. The summed E-state index contributed by atoms with van der Waals surface area (Å²) in [4.78, 5) is 37.3. The number of alkyl halides is 2. The second kappa shape index (κ2) is 11.1. The first-order valence-corrected chi connectivity index (χ1v) is 14.2. The minimum Gasteiger partial charge on any atom is -0.496 e. The fraction of sp³-hybridized carbons (Fsp3) is 0.433. The monoisotopic (exact) mass is 613 g/mol. The van der Waals surface area contributed by atoms with Crippen molar-refractivity contribution in [2.75, 3.05) is 12.0 Å². The Hall–Kier alpha value is -4.31. The maximum absolute atomic E-state index is 14.7. The summed E-state index contributed by atoms with van der Waals surface area (Å²) in [6.45, 7) is 14.9. The number of anilines is 1. The first kappa shape index (κ1) is 31.6. The number of benzene rings is 1. The summed E-state index contributed by atoms with van der Waals surface area (Å²) in [5.74, 6) is 0.101. The van der Waals surface area contributed by atoms with Crippen LogP contribution in [0.1, 0.15) is 75.4 Å². The van der Waals surface area contributed by atoms with E-state index >= 15 is 0 Å². The molecular weight excluding hydrogens is 580 g/mol. The van der Waals surface area contributed by atoms with Gasteiger partial charge in [0, 0.05) is 10.9 Å². The average Bonchev–Trinajstić information content (AvgIpc) is 3.38. The molecule has 0 aliphatic rings. The van der Waals surface area contributed by atoms with Gasteiger partial charge >= 0.3 is 12.2 Å². The minimum absolute atomic E-state index is 0.0766. The molecular formula is C30H33F2N5O5S. The number of rotatable bonds is 4. The van der Waals surface area contributed by atoms with Crippen LogP contribution in [0.5, 0.6) is 5.75 Å². The number of halogens is 2. The first-order valence-electron chi connectivity index (χ1n) is 13.3. The van der Waals surface area contributed by atoms with E-state index in [4.69, 9.17) is 14.2 Å². The normalized spacial score (nSPS) is 12.1. The number of hydrogen-bond donors (Lipinski definition) is 0. The molecule has 0 aliphatic heterocycles. The molecule has 0 saturated heterocycles. The Bertz CT molecular complexity index is 1780. The topological polar surface area (TPSA) is 120 Å². The van der Waals surface area contributed by atoms with Crippen LogP contribution in [0.25, 0.3) is 26.9 Å². The van der Waals surface area contributed by atoms with E-state index in [1.165, 1.54) is 11.7 Å². The number of aromatic nitrogens is 3. The molecule has 0 atom stereocenters. The van der Waals surface area contributed by atoms with Gasteiger partial charge in [0.25, 0.3) is 6.43 Å². The lowest BCUT2D eigenvalue weighted by atomic mass is 10.1. The molecule has 4 rings (SSSR count). The Labute approximate surface area is 251 Å². The predicted octanol–water partition coefficient (Wildman–Crippen LogP) is 8.05. The molecule has 4 aromatic rings. The second-order valence-corrected chi connectivity index (χ2v) is 13.1. The number of methoxy groups -OCH3 is 1. The van der Waals surface area contributed by atoms with Crippen molar-refractivity contribution in [1.29, 1.82) is 5.26 Å². The van der Waals surface area contributed by atoms with Gasteiger partial charge < -0.3 is 14.2 Å². The van der Waals surface area contributed by atoms with Crippen LogP contribution in [0.15, 0.2) is 12.1 Å². The van der Waals surface area contributed by atoms with Crippen molar-refractivity contribution >= 4 is 50.6 Å². The number of nitriles is 1. The smallest absolute Gasteiger partial charge is 0.425 e. The lowest BCUT2D eigenvalue weighted by Crippen LogP contribution is -2.45. The number of aryl methyl sites for hydroxylation is 2. The largest absolute Gasteiger partial charge is 0.496 e. The predicted molar refractivity (Wildman–Crippen MR) is 160 cm³/mol. The van der Waals surface area contributed by atoms with Gasteiger partial charge in [0.05, 0.1) is 23.3 Å². The van der Waals surface area contributed by atoms with E-state index < -0.39 is 41.1 Å². The number of pyridine rings is 1.